The Kier molecular flexibility index (Phi) is 8.66. The van der Waals surface area contributed by atoms with Gasteiger partial charge in [-0.05, 0) is 54.7 Å². The smallest absolute Gasteiger partial charge is 0.416 e. The van der Waals surface area contributed by atoms with Crippen molar-refractivity contribution in [3.63, 3.8) is 0 Å². The molecule has 2 aromatic carbocycles. The zero-order valence-corrected chi connectivity index (χ0v) is 24.2. The number of imidazole rings is 1. The SMILES string of the molecule is COc1ccc(CCNc2nc(N3CCC(N4CCOCC4)CC3)nc3c2ncn3Cc2ccc(C(F)(F)F)cc2)cc1. The van der Waals surface area contributed by atoms with Gasteiger partial charge in [0, 0.05) is 38.8 Å². The van der Waals surface area contributed by atoms with Crippen LogP contribution in [0.25, 0.3) is 11.2 Å². The number of ether oxygens (including phenoxy) is 2. The molecular formula is C31H36F3N7O2. The topological polar surface area (TPSA) is 80.6 Å². The summed E-state index contributed by atoms with van der Waals surface area (Å²) in [6.45, 7) is 6.18. The molecule has 2 aromatic heterocycles. The number of nitrogens with one attached hydrogen (secondary N) is 1. The highest BCUT2D eigenvalue weighted by Crippen LogP contribution is 2.30. The summed E-state index contributed by atoms with van der Waals surface area (Å²) in [7, 11) is 1.65. The molecule has 0 atom stereocenters. The molecule has 6 rings (SSSR count). The van der Waals surface area contributed by atoms with E-state index >= 15 is 0 Å². The third kappa shape index (κ3) is 6.86. The van der Waals surface area contributed by atoms with Crippen LogP contribution in [0.4, 0.5) is 24.9 Å². The zero-order chi connectivity index (χ0) is 29.8. The van der Waals surface area contributed by atoms with Crippen molar-refractivity contribution in [2.45, 2.75) is 38.0 Å². The molecule has 0 saturated carbocycles. The fourth-order valence-corrected chi connectivity index (χ4v) is 5.80. The fraction of sp³-hybridized carbons (Fsp3) is 0.452. The standard InChI is InChI=1S/C31H36F3N7O2/c1-42-26-8-4-22(5-9-26)10-13-35-28-27-29(41(21-36-27)20-23-2-6-24(7-3-23)31(32,33)34)38-30(37-28)40-14-11-25(12-15-40)39-16-18-43-19-17-39/h2-9,21,25H,10-20H2,1H3,(H,35,37,38). The lowest BCUT2D eigenvalue weighted by atomic mass is 10.0. The first-order valence-electron chi connectivity index (χ1n) is 14.7. The molecule has 0 radical (unpaired) electrons. The average Bonchev–Trinajstić information content (AvgIpc) is 3.44. The maximum absolute atomic E-state index is 13.1. The largest absolute Gasteiger partial charge is 0.497 e. The number of benzene rings is 2. The molecule has 0 amide bonds. The monoisotopic (exact) mass is 595 g/mol. The number of morpholine rings is 1. The molecule has 9 nitrogen and oxygen atoms in total. The van der Waals surface area contributed by atoms with Gasteiger partial charge in [0.25, 0.3) is 0 Å². The second-order valence-electron chi connectivity index (χ2n) is 11.0. The third-order valence-corrected chi connectivity index (χ3v) is 8.26. The number of anilines is 2. The van der Waals surface area contributed by atoms with Crippen molar-refractivity contribution >= 4 is 22.9 Å². The lowest BCUT2D eigenvalue weighted by molar-refractivity contribution is -0.137. The Balaban J connectivity index is 1.23. The van der Waals surface area contributed by atoms with E-state index in [1.807, 2.05) is 28.8 Å². The summed E-state index contributed by atoms with van der Waals surface area (Å²) < 4.78 is 51.9. The number of nitrogens with zero attached hydrogens (tertiary/aromatic N) is 6. The Morgan fingerprint density at radius 3 is 2.30 bits per heavy atom. The van der Waals surface area contributed by atoms with Gasteiger partial charge in [0.1, 0.15) is 5.75 Å². The summed E-state index contributed by atoms with van der Waals surface area (Å²) in [6, 6.07) is 13.7. The van der Waals surface area contributed by atoms with Gasteiger partial charge >= 0.3 is 6.18 Å². The lowest BCUT2D eigenvalue weighted by Gasteiger charge is -2.40. The highest BCUT2D eigenvalue weighted by atomic mass is 19.4. The first kappa shape index (κ1) is 29.2. The van der Waals surface area contributed by atoms with Crippen molar-refractivity contribution in [2.24, 2.45) is 0 Å². The normalized spacial score (nSPS) is 17.0. The minimum Gasteiger partial charge on any atom is -0.497 e. The molecule has 228 valence electrons. The van der Waals surface area contributed by atoms with E-state index < -0.39 is 11.7 Å². The number of hydrogen-bond donors (Lipinski definition) is 1. The van der Waals surface area contributed by atoms with E-state index in [0.717, 1.165) is 87.7 Å². The van der Waals surface area contributed by atoms with Crippen LogP contribution >= 0.6 is 0 Å². The maximum Gasteiger partial charge on any atom is 0.416 e. The minimum atomic E-state index is -4.37. The van der Waals surface area contributed by atoms with Gasteiger partial charge in [-0.15, -0.1) is 0 Å². The average molecular weight is 596 g/mol. The van der Waals surface area contributed by atoms with Crippen molar-refractivity contribution in [3.05, 3.63) is 71.5 Å². The summed E-state index contributed by atoms with van der Waals surface area (Å²) in [5.41, 5.74) is 2.51. The van der Waals surface area contributed by atoms with E-state index in [-0.39, 0.29) is 0 Å². The van der Waals surface area contributed by atoms with Crippen LogP contribution in [-0.4, -0.2) is 83.5 Å². The van der Waals surface area contributed by atoms with Crippen LogP contribution in [0.5, 0.6) is 5.75 Å². The number of fused-ring (bicyclic) bond motifs is 1. The highest BCUT2D eigenvalue weighted by Gasteiger charge is 2.30. The van der Waals surface area contributed by atoms with Crippen LogP contribution in [0.3, 0.4) is 0 Å². The van der Waals surface area contributed by atoms with Crippen LogP contribution in [0.15, 0.2) is 54.9 Å². The zero-order valence-electron chi connectivity index (χ0n) is 24.2. The van der Waals surface area contributed by atoms with E-state index in [0.29, 0.717) is 42.1 Å². The number of rotatable bonds is 9. The highest BCUT2D eigenvalue weighted by molar-refractivity contribution is 5.84. The number of halogens is 3. The first-order chi connectivity index (χ1) is 20.9. The summed E-state index contributed by atoms with van der Waals surface area (Å²) in [5.74, 6) is 2.10. The van der Waals surface area contributed by atoms with Crippen molar-refractivity contribution < 1.29 is 22.6 Å². The van der Waals surface area contributed by atoms with Gasteiger partial charge in [-0.25, -0.2) is 4.98 Å². The van der Waals surface area contributed by atoms with Gasteiger partial charge in [-0.2, -0.15) is 23.1 Å². The molecule has 2 aliphatic heterocycles. The Labute approximate surface area is 248 Å². The van der Waals surface area contributed by atoms with Crippen molar-refractivity contribution in [2.75, 3.05) is 63.3 Å². The van der Waals surface area contributed by atoms with Crippen molar-refractivity contribution in [1.82, 2.24) is 24.4 Å². The number of piperidine rings is 1. The number of methoxy groups -OCH3 is 1. The molecule has 2 saturated heterocycles. The molecule has 0 spiro atoms. The fourth-order valence-electron chi connectivity index (χ4n) is 5.80. The van der Waals surface area contributed by atoms with Gasteiger partial charge in [-0.1, -0.05) is 24.3 Å². The van der Waals surface area contributed by atoms with Gasteiger partial charge in [-0.3, -0.25) is 4.90 Å². The molecule has 4 aromatic rings. The van der Waals surface area contributed by atoms with Gasteiger partial charge in [0.2, 0.25) is 5.95 Å². The molecule has 0 unspecified atom stereocenters. The van der Waals surface area contributed by atoms with Crippen LogP contribution in [0.2, 0.25) is 0 Å². The molecule has 0 aliphatic carbocycles. The van der Waals surface area contributed by atoms with Crippen LogP contribution in [0, 0.1) is 0 Å². The van der Waals surface area contributed by atoms with E-state index in [1.165, 1.54) is 12.1 Å². The summed E-state index contributed by atoms with van der Waals surface area (Å²) in [6.07, 6.45) is 0.130. The van der Waals surface area contributed by atoms with Crippen molar-refractivity contribution in [3.8, 4) is 5.75 Å². The first-order valence-corrected chi connectivity index (χ1v) is 14.7. The van der Waals surface area contributed by atoms with Crippen LogP contribution in [0.1, 0.15) is 29.5 Å². The summed E-state index contributed by atoms with van der Waals surface area (Å²) in [5, 5.41) is 3.47. The molecule has 1 N–H and O–H groups in total. The van der Waals surface area contributed by atoms with Gasteiger partial charge < -0.3 is 24.3 Å². The molecule has 43 heavy (non-hydrogen) atoms. The maximum atomic E-state index is 13.1. The van der Waals surface area contributed by atoms with E-state index in [4.69, 9.17) is 19.4 Å². The Morgan fingerprint density at radius 2 is 1.63 bits per heavy atom. The Morgan fingerprint density at radius 1 is 0.930 bits per heavy atom. The third-order valence-electron chi connectivity index (χ3n) is 8.26. The quantitative estimate of drug-likeness (QED) is 0.294. The molecule has 4 heterocycles. The van der Waals surface area contributed by atoms with Gasteiger partial charge in [0.15, 0.2) is 17.0 Å². The number of hydrogen-bond acceptors (Lipinski definition) is 8. The molecule has 12 heteroatoms. The number of alkyl halides is 3. The van der Waals surface area contributed by atoms with Gasteiger partial charge in [0.05, 0.1) is 38.8 Å². The van der Waals surface area contributed by atoms with Crippen LogP contribution < -0.4 is 15.0 Å². The van der Waals surface area contributed by atoms with E-state index in [9.17, 15) is 13.2 Å². The number of aromatic nitrogens is 4. The predicted octanol–water partition coefficient (Wildman–Crippen LogP) is 4.86. The molecule has 2 fully saturated rings. The van der Waals surface area contributed by atoms with E-state index in [2.05, 4.69) is 20.1 Å². The van der Waals surface area contributed by atoms with E-state index in [1.54, 1.807) is 13.4 Å². The summed E-state index contributed by atoms with van der Waals surface area (Å²) in [4.78, 5) is 19.2. The minimum absolute atomic E-state index is 0.343. The second-order valence-corrected chi connectivity index (χ2v) is 11.0. The van der Waals surface area contributed by atoms with Crippen LogP contribution in [-0.2, 0) is 23.9 Å². The lowest BCUT2D eigenvalue weighted by Crippen LogP contribution is -2.49. The second kappa shape index (κ2) is 12.8. The molecular weight excluding hydrogens is 559 g/mol. The Hall–Kier alpha value is -3.90. The molecule has 2 aliphatic rings. The Bertz CT molecular complexity index is 1500. The molecule has 0 bridgehead atoms. The summed E-state index contributed by atoms with van der Waals surface area (Å²) >= 11 is 0. The van der Waals surface area contributed by atoms with Crippen molar-refractivity contribution in [1.29, 1.82) is 0 Å². The predicted molar refractivity (Wildman–Crippen MR) is 159 cm³/mol.